The van der Waals surface area contributed by atoms with Gasteiger partial charge >= 0.3 is 0 Å². The van der Waals surface area contributed by atoms with Crippen LogP contribution in [0.5, 0.6) is 16.7 Å². The average molecular weight is 449 g/mol. The number of sulfonamides is 1. The van der Waals surface area contributed by atoms with Gasteiger partial charge in [-0.25, -0.2) is 13.4 Å². The monoisotopic (exact) mass is 448 g/mol. The summed E-state index contributed by atoms with van der Waals surface area (Å²) in [5.74, 6) is 1.42. The lowest BCUT2D eigenvalue weighted by molar-refractivity contribution is 0.135. The summed E-state index contributed by atoms with van der Waals surface area (Å²) < 4.78 is 45.1. The molecule has 1 fully saturated rings. The molecule has 160 valence electrons. The highest BCUT2D eigenvalue weighted by atomic mass is 32.2. The fraction of sp³-hybridized carbons (Fsp3) is 0.381. The van der Waals surface area contributed by atoms with Gasteiger partial charge in [0, 0.05) is 19.2 Å². The standard InChI is InChI=1S/C21H24N2O5S2/c1-3-27-15-4-7-18(8-5-15)30(24,25)23-12-10-16(11-13-23)28-21-22-19-14-17(26-2)6-9-20(19)29-21/h4-9,14,16H,3,10-13H2,1-2H3. The summed E-state index contributed by atoms with van der Waals surface area (Å²) in [6, 6.07) is 12.3. The second-order valence-corrected chi connectivity index (χ2v) is 9.87. The predicted molar refractivity (Wildman–Crippen MR) is 116 cm³/mol. The molecule has 0 radical (unpaired) electrons. The maximum Gasteiger partial charge on any atom is 0.274 e. The summed E-state index contributed by atoms with van der Waals surface area (Å²) in [5, 5.41) is 0.603. The average Bonchev–Trinajstić information content (AvgIpc) is 3.16. The van der Waals surface area contributed by atoms with Gasteiger partial charge in [-0.2, -0.15) is 4.31 Å². The zero-order chi connectivity index (χ0) is 21.1. The van der Waals surface area contributed by atoms with Gasteiger partial charge in [0.25, 0.3) is 5.19 Å². The maximum absolute atomic E-state index is 12.9. The SMILES string of the molecule is CCOc1ccc(S(=O)(=O)N2CCC(Oc3nc4cc(OC)ccc4s3)CC2)cc1. The molecule has 1 aliphatic heterocycles. The molecule has 1 aliphatic rings. The number of aromatic nitrogens is 1. The summed E-state index contributed by atoms with van der Waals surface area (Å²) in [6.07, 6.45) is 1.18. The quantitative estimate of drug-likeness (QED) is 0.545. The van der Waals surface area contributed by atoms with Crippen LogP contribution in [0.15, 0.2) is 47.4 Å². The molecule has 1 saturated heterocycles. The number of fused-ring (bicyclic) bond motifs is 1. The van der Waals surface area contributed by atoms with E-state index >= 15 is 0 Å². The lowest BCUT2D eigenvalue weighted by Gasteiger charge is -2.30. The van der Waals surface area contributed by atoms with Crippen molar-refractivity contribution < 1.29 is 22.6 Å². The van der Waals surface area contributed by atoms with Crippen LogP contribution in [0.4, 0.5) is 0 Å². The zero-order valence-corrected chi connectivity index (χ0v) is 18.5. The van der Waals surface area contributed by atoms with Gasteiger partial charge in [-0.1, -0.05) is 11.3 Å². The number of piperidine rings is 1. The van der Waals surface area contributed by atoms with Crippen molar-refractivity contribution >= 4 is 31.6 Å². The van der Waals surface area contributed by atoms with Crippen LogP contribution in [0.1, 0.15) is 19.8 Å². The summed E-state index contributed by atoms with van der Waals surface area (Å²) in [4.78, 5) is 4.81. The van der Waals surface area contributed by atoms with Gasteiger partial charge in [-0.15, -0.1) is 0 Å². The summed E-state index contributed by atoms with van der Waals surface area (Å²) in [6.45, 7) is 3.27. The Labute approximate surface area is 180 Å². The third kappa shape index (κ3) is 4.38. The maximum atomic E-state index is 12.9. The number of ether oxygens (including phenoxy) is 3. The Morgan fingerprint density at radius 3 is 2.47 bits per heavy atom. The second kappa shape index (κ2) is 8.79. The van der Waals surface area contributed by atoms with Crippen LogP contribution < -0.4 is 14.2 Å². The first-order chi connectivity index (χ1) is 14.5. The minimum atomic E-state index is -3.52. The first-order valence-electron chi connectivity index (χ1n) is 9.84. The van der Waals surface area contributed by atoms with Crippen molar-refractivity contribution in [3.63, 3.8) is 0 Å². The molecule has 9 heteroatoms. The van der Waals surface area contributed by atoms with Crippen LogP contribution in [0, 0.1) is 0 Å². The van der Waals surface area contributed by atoms with Crippen molar-refractivity contribution in [3.8, 4) is 16.7 Å². The summed E-state index contributed by atoms with van der Waals surface area (Å²) >= 11 is 1.49. The van der Waals surface area contributed by atoms with Crippen LogP contribution in [-0.4, -0.2) is 50.6 Å². The Morgan fingerprint density at radius 2 is 1.80 bits per heavy atom. The molecule has 0 spiro atoms. The highest BCUT2D eigenvalue weighted by Gasteiger charge is 2.30. The predicted octanol–water partition coefficient (Wildman–Crippen LogP) is 3.94. The largest absolute Gasteiger partial charge is 0.497 e. The van der Waals surface area contributed by atoms with E-state index in [9.17, 15) is 8.42 Å². The molecule has 0 saturated carbocycles. The van der Waals surface area contributed by atoms with E-state index in [1.807, 2.05) is 25.1 Å². The lowest BCUT2D eigenvalue weighted by Crippen LogP contribution is -2.41. The Balaban J connectivity index is 1.38. The Bertz CT molecular complexity index is 1100. The van der Waals surface area contributed by atoms with Crippen molar-refractivity contribution in [3.05, 3.63) is 42.5 Å². The number of hydrogen-bond donors (Lipinski definition) is 0. The number of rotatable bonds is 7. The molecule has 2 heterocycles. The lowest BCUT2D eigenvalue weighted by atomic mass is 10.1. The highest BCUT2D eigenvalue weighted by molar-refractivity contribution is 7.89. The number of benzene rings is 2. The first-order valence-corrected chi connectivity index (χ1v) is 12.1. The Kier molecular flexibility index (Phi) is 6.12. The van der Waals surface area contributed by atoms with E-state index in [1.54, 1.807) is 31.4 Å². The second-order valence-electron chi connectivity index (χ2n) is 6.94. The summed E-state index contributed by atoms with van der Waals surface area (Å²) in [5.41, 5.74) is 0.838. The fourth-order valence-corrected chi connectivity index (χ4v) is 5.75. The summed E-state index contributed by atoms with van der Waals surface area (Å²) in [7, 11) is -1.90. The molecule has 0 N–H and O–H groups in total. The molecule has 3 aromatic rings. The van der Waals surface area contributed by atoms with Crippen LogP contribution in [0.25, 0.3) is 10.2 Å². The molecule has 0 bridgehead atoms. The van der Waals surface area contributed by atoms with Gasteiger partial charge in [-0.3, -0.25) is 0 Å². The Hall–Kier alpha value is -2.36. The molecule has 7 nitrogen and oxygen atoms in total. The van der Waals surface area contributed by atoms with Crippen molar-refractivity contribution in [1.29, 1.82) is 0 Å². The van der Waals surface area contributed by atoms with E-state index in [-0.39, 0.29) is 11.0 Å². The Morgan fingerprint density at radius 1 is 1.10 bits per heavy atom. The molecule has 0 aliphatic carbocycles. The van der Waals surface area contributed by atoms with Crippen LogP contribution in [-0.2, 0) is 10.0 Å². The van der Waals surface area contributed by atoms with Crippen LogP contribution in [0.2, 0.25) is 0 Å². The molecular weight excluding hydrogens is 424 g/mol. The fourth-order valence-electron chi connectivity index (χ4n) is 3.42. The van der Waals surface area contributed by atoms with Crippen LogP contribution in [0.3, 0.4) is 0 Å². The van der Waals surface area contributed by atoms with Gasteiger partial charge in [-0.05, 0) is 56.2 Å². The van der Waals surface area contributed by atoms with Gasteiger partial charge in [0.2, 0.25) is 10.0 Å². The van der Waals surface area contributed by atoms with Gasteiger partial charge in [0.1, 0.15) is 17.6 Å². The van der Waals surface area contributed by atoms with Crippen molar-refractivity contribution in [2.45, 2.75) is 30.8 Å². The van der Waals surface area contributed by atoms with Crippen molar-refractivity contribution in [2.24, 2.45) is 0 Å². The number of nitrogens with zero attached hydrogens (tertiary/aromatic N) is 2. The molecule has 4 rings (SSSR count). The van der Waals surface area contributed by atoms with E-state index in [0.29, 0.717) is 43.5 Å². The van der Waals surface area contributed by atoms with E-state index < -0.39 is 10.0 Å². The zero-order valence-electron chi connectivity index (χ0n) is 16.9. The topological polar surface area (TPSA) is 78.0 Å². The third-order valence-corrected chi connectivity index (χ3v) is 7.86. The molecular formula is C21H24N2O5S2. The van der Waals surface area contributed by atoms with Crippen molar-refractivity contribution in [1.82, 2.24) is 9.29 Å². The minimum absolute atomic E-state index is 0.0563. The normalized spacial score (nSPS) is 15.9. The smallest absolute Gasteiger partial charge is 0.274 e. The molecule has 1 aromatic heterocycles. The van der Waals surface area contributed by atoms with Gasteiger partial charge in [0.15, 0.2) is 0 Å². The van der Waals surface area contributed by atoms with Gasteiger partial charge in [0.05, 0.1) is 28.8 Å². The van der Waals surface area contributed by atoms with Gasteiger partial charge < -0.3 is 14.2 Å². The molecule has 2 aromatic carbocycles. The van der Waals surface area contributed by atoms with Crippen LogP contribution >= 0.6 is 11.3 Å². The van der Waals surface area contributed by atoms with E-state index in [2.05, 4.69) is 4.98 Å². The van der Waals surface area contributed by atoms with E-state index in [4.69, 9.17) is 14.2 Å². The number of hydrogen-bond acceptors (Lipinski definition) is 7. The first kappa shape index (κ1) is 20.9. The van der Waals surface area contributed by atoms with Crippen molar-refractivity contribution in [2.75, 3.05) is 26.8 Å². The van der Waals surface area contributed by atoms with E-state index in [0.717, 1.165) is 16.0 Å². The third-order valence-electron chi connectivity index (χ3n) is 5.02. The molecule has 0 amide bonds. The molecule has 0 unspecified atom stereocenters. The molecule has 0 atom stereocenters. The number of methoxy groups -OCH3 is 1. The van der Waals surface area contributed by atoms with E-state index in [1.165, 1.54) is 15.6 Å². The number of thiazole rings is 1. The minimum Gasteiger partial charge on any atom is -0.497 e. The highest BCUT2D eigenvalue weighted by Crippen LogP contribution is 2.32. The molecule has 30 heavy (non-hydrogen) atoms.